The minimum atomic E-state index is -4.39. The van der Waals surface area contributed by atoms with E-state index >= 15 is 0 Å². The van der Waals surface area contributed by atoms with Crippen molar-refractivity contribution in [1.82, 2.24) is 0 Å². The van der Waals surface area contributed by atoms with Gasteiger partial charge in [0.05, 0.1) is 5.56 Å². The molecule has 100 valence electrons. The highest BCUT2D eigenvalue weighted by Gasteiger charge is 2.34. The van der Waals surface area contributed by atoms with Crippen molar-refractivity contribution in [1.29, 1.82) is 0 Å². The van der Waals surface area contributed by atoms with Crippen LogP contribution in [0, 0.1) is 0 Å². The predicted molar refractivity (Wildman–Crippen MR) is 64.9 cm³/mol. The summed E-state index contributed by atoms with van der Waals surface area (Å²) in [6.45, 7) is 1.62. The van der Waals surface area contributed by atoms with Gasteiger partial charge in [0.2, 0.25) is 0 Å². The van der Waals surface area contributed by atoms with Crippen molar-refractivity contribution < 1.29 is 18.0 Å². The van der Waals surface area contributed by atoms with E-state index in [-0.39, 0.29) is 12.0 Å². The predicted octanol–water partition coefficient (Wildman–Crippen LogP) is 3.46. The number of carbonyl (C=O) groups is 1. The number of nitrogens with zero attached hydrogens (tertiary/aromatic N) is 1. The quantitative estimate of drug-likeness (QED) is 0.772. The molecule has 0 aromatic heterocycles. The Kier molecular flexibility index (Phi) is 4.38. The molecule has 0 amide bonds. The number of rotatable bonds is 4. The highest BCUT2D eigenvalue weighted by atomic mass is 19.4. The molecule has 0 aliphatic rings. The lowest BCUT2D eigenvalue weighted by molar-refractivity contribution is -0.138. The summed E-state index contributed by atoms with van der Waals surface area (Å²) in [5, 5.41) is 0. The summed E-state index contributed by atoms with van der Waals surface area (Å²) >= 11 is 0. The molecule has 0 aliphatic heterocycles. The van der Waals surface area contributed by atoms with Gasteiger partial charge in [-0.3, -0.25) is 0 Å². The van der Waals surface area contributed by atoms with E-state index in [1.54, 1.807) is 25.9 Å². The third-order valence-electron chi connectivity index (χ3n) is 2.84. The van der Waals surface area contributed by atoms with Crippen molar-refractivity contribution in [2.75, 3.05) is 19.0 Å². The molecule has 0 fully saturated rings. The summed E-state index contributed by atoms with van der Waals surface area (Å²) in [4.78, 5) is 12.2. The zero-order valence-electron chi connectivity index (χ0n) is 10.6. The Bertz CT molecular complexity index is 427. The maximum Gasteiger partial charge on any atom is 0.416 e. The second-order valence-electron chi connectivity index (χ2n) is 4.47. The van der Waals surface area contributed by atoms with Crippen LogP contribution in [0.2, 0.25) is 0 Å². The lowest BCUT2D eigenvalue weighted by Crippen LogP contribution is -2.14. The lowest BCUT2D eigenvalue weighted by atomic mass is 9.92. The van der Waals surface area contributed by atoms with Gasteiger partial charge in [0.25, 0.3) is 0 Å². The van der Waals surface area contributed by atoms with Crippen LogP contribution in [0.25, 0.3) is 0 Å². The molecule has 0 bridgehead atoms. The number of halogens is 3. The molecule has 0 aliphatic carbocycles. The van der Waals surface area contributed by atoms with Gasteiger partial charge in [0.15, 0.2) is 0 Å². The van der Waals surface area contributed by atoms with E-state index < -0.39 is 17.7 Å². The molecule has 2 nitrogen and oxygen atoms in total. The maximum atomic E-state index is 12.9. The molecule has 1 rings (SSSR count). The fraction of sp³-hybridized carbons (Fsp3) is 0.462. The van der Waals surface area contributed by atoms with Crippen LogP contribution in [0.15, 0.2) is 18.2 Å². The molecule has 0 heterocycles. The molecule has 18 heavy (non-hydrogen) atoms. The van der Waals surface area contributed by atoms with Gasteiger partial charge in [-0.2, -0.15) is 13.2 Å². The second-order valence-corrected chi connectivity index (χ2v) is 4.47. The fourth-order valence-corrected chi connectivity index (χ4v) is 1.77. The smallest absolute Gasteiger partial charge is 0.378 e. The Morgan fingerprint density at radius 2 is 1.94 bits per heavy atom. The number of hydrogen-bond donors (Lipinski definition) is 0. The topological polar surface area (TPSA) is 20.3 Å². The highest BCUT2D eigenvalue weighted by Crippen LogP contribution is 2.37. The van der Waals surface area contributed by atoms with Crippen LogP contribution in [0.1, 0.15) is 30.4 Å². The molecule has 1 aromatic carbocycles. The summed E-state index contributed by atoms with van der Waals surface area (Å²) in [6.07, 6.45) is -3.66. The van der Waals surface area contributed by atoms with E-state index in [9.17, 15) is 18.0 Å². The SMILES string of the molecule is CC(CC=O)c1cc(N(C)C)ccc1C(F)(F)F. The number of hydrogen-bond acceptors (Lipinski definition) is 2. The average Bonchev–Trinajstić information content (AvgIpc) is 2.27. The Morgan fingerprint density at radius 3 is 2.39 bits per heavy atom. The van der Waals surface area contributed by atoms with Crippen molar-refractivity contribution >= 4 is 12.0 Å². The normalized spacial score (nSPS) is 13.2. The molecule has 0 spiro atoms. The monoisotopic (exact) mass is 259 g/mol. The van der Waals surface area contributed by atoms with Gasteiger partial charge in [-0.05, 0) is 29.7 Å². The third kappa shape index (κ3) is 3.24. The summed E-state index contributed by atoms with van der Waals surface area (Å²) < 4.78 is 38.6. The first kappa shape index (κ1) is 14.5. The van der Waals surface area contributed by atoms with Crippen molar-refractivity contribution in [3.63, 3.8) is 0 Å². The van der Waals surface area contributed by atoms with Gasteiger partial charge < -0.3 is 9.69 Å². The van der Waals surface area contributed by atoms with Gasteiger partial charge in [-0.1, -0.05) is 6.92 Å². The van der Waals surface area contributed by atoms with E-state index in [1.165, 1.54) is 12.1 Å². The van der Waals surface area contributed by atoms with Crippen LogP contribution >= 0.6 is 0 Å². The largest absolute Gasteiger partial charge is 0.416 e. The number of benzene rings is 1. The number of alkyl halides is 3. The van der Waals surface area contributed by atoms with E-state index in [1.807, 2.05) is 0 Å². The lowest BCUT2D eigenvalue weighted by Gasteiger charge is -2.20. The van der Waals surface area contributed by atoms with Crippen molar-refractivity contribution in [3.8, 4) is 0 Å². The second kappa shape index (κ2) is 5.42. The first-order chi connectivity index (χ1) is 8.27. The van der Waals surface area contributed by atoms with Crippen LogP contribution in [0.4, 0.5) is 18.9 Å². The van der Waals surface area contributed by atoms with Crippen molar-refractivity contribution in [2.24, 2.45) is 0 Å². The molecule has 5 heteroatoms. The Labute approximate surface area is 104 Å². The zero-order valence-corrected chi connectivity index (χ0v) is 10.6. The standard InChI is InChI=1S/C13H16F3NO/c1-9(6-7-18)11-8-10(17(2)3)4-5-12(11)13(14,15)16/h4-5,7-9H,6H2,1-3H3. The van der Waals surface area contributed by atoms with E-state index in [2.05, 4.69) is 0 Å². The molecule has 1 aromatic rings. The zero-order chi connectivity index (χ0) is 13.9. The molecule has 0 saturated heterocycles. The molecule has 1 atom stereocenters. The van der Waals surface area contributed by atoms with Crippen LogP contribution in [0.3, 0.4) is 0 Å². The molecular weight excluding hydrogens is 243 g/mol. The number of anilines is 1. The van der Waals surface area contributed by atoms with Gasteiger partial charge in [-0.15, -0.1) is 0 Å². The van der Waals surface area contributed by atoms with E-state index in [0.717, 1.165) is 6.07 Å². The Morgan fingerprint density at radius 1 is 1.33 bits per heavy atom. The van der Waals surface area contributed by atoms with Crippen LogP contribution < -0.4 is 4.90 Å². The third-order valence-corrected chi connectivity index (χ3v) is 2.84. The van der Waals surface area contributed by atoms with Crippen LogP contribution in [-0.2, 0) is 11.0 Å². The minimum absolute atomic E-state index is 0.0833. The summed E-state index contributed by atoms with van der Waals surface area (Å²) in [5.41, 5.74) is 0.194. The first-order valence-electron chi connectivity index (χ1n) is 5.59. The van der Waals surface area contributed by atoms with Gasteiger partial charge in [0, 0.05) is 26.2 Å². The van der Waals surface area contributed by atoms with Gasteiger partial charge >= 0.3 is 6.18 Å². The summed E-state index contributed by atoms with van der Waals surface area (Å²) in [7, 11) is 3.52. The van der Waals surface area contributed by atoms with E-state index in [0.29, 0.717) is 12.0 Å². The van der Waals surface area contributed by atoms with Crippen molar-refractivity contribution in [3.05, 3.63) is 29.3 Å². The molecule has 1 unspecified atom stereocenters. The van der Waals surface area contributed by atoms with E-state index in [4.69, 9.17) is 0 Å². The van der Waals surface area contributed by atoms with Gasteiger partial charge in [-0.25, -0.2) is 0 Å². The van der Waals surface area contributed by atoms with Crippen molar-refractivity contribution in [2.45, 2.75) is 25.4 Å². The maximum absolute atomic E-state index is 12.9. The van der Waals surface area contributed by atoms with Gasteiger partial charge in [0.1, 0.15) is 6.29 Å². The van der Waals surface area contributed by atoms with Crippen LogP contribution in [-0.4, -0.2) is 20.4 Å². The minimum Gasteiger partial charge on any atom is -0.378 e. The Hall–Kier alpha value is -1.52. The molecule has 0 N–H and O–H groups in total. The molecule has 0 saturated carbocycles. The number of aldehydes is 1. The first-order valence-corrected chi connectivity index (χ1v) is 5.59. The Balaban J connectivity index is 3.30. The van der Waals surface area contributed by atoms with Crippen LogP contribution in [0.5, 0.6) is 0 Å². The molecular formula is C13H16F3NO. The highest BCUT2D eigenvalue weighted by molar-refractivity contribution is 5.55. The average molecular weight is 259 g/mol. The fourth-order valence-electron chi connectivity index (χ4n) is 1.77. The summed E-state index contributed by atoms with van der Waals surface area (Å²) in [6, 6.07) is 4.00. The molecule has 0 radical (unpaired) electrons. The number of carbonyl (C=O) groups excluding carboxylic acids is 1. The summed E-state index contributed by atoms with van der Waals surface area (Å²) in [5.74, 6) is -0.445.